The van der Waals surface area contributed by atoms with Crippen LogP contribution in [0, 0.1) is 11.3 Å². The van der Waals surface area contributed by atoms with Gasteiger partial charge < -0.3 is 20.1 Å². The number of nitrogens with one attached hydrogen (secondary N) is 1. The van der Waals surface area contributed by atoms with Gasteiger partial charge in [-0.15, -0.1) is 0 Å². The predicted molar refractivity (Wildman–Crippen MR) is 90.0 cm³/mol. The normalized spacial score (nSPS) is 20.9. The van der Waals surface area contributed by atoms with Crippen LogP contribution in [0.3, 0.4) is 0 Å². The highest BCUT2D eigenvalue weighted by molar-refractivity contribution is 5.42. The molecule has 0 amide bonds. The Labute approximate surface area is 143 Å². The van der Waals surface area contributed by atoms with E-state index in [1.165, 1.54) is 0 Å². The molecule has 1 heterocycles. The van der Waals surface area contributed by atoms with Crippen LogP contribution in [0.4, 0.5) is 0 Å². The lowest BCUT2D eigenvalue weighted by atomic mass is 10.1. The minimum atomic E-state index is -0.842. The molecule has 0 saturated carbocycles. The van der Waals surface area contributed by atoms with Gasteiger partial charge in [0.15, 0.2) is 0 Å². The number of para-hydroxylation sites is 1. The number of ether oxygens (including phenoxy) is 1. The molecule has 0 aliphatic carbocycles. The van der Waals surface area contributed by atoms with Crippen molar-refractivity contribution in [3.63, 3.8) is 0 Å². The van der Waals surface area contributed by atoms with Crippen molar-refractivity contribution < 1.29 is 20.1 Å². The Morgan fingerprint density at radius 2 is 2.08 bits per heavy atom. The van der Waals surface area contributed by atoms with Crippen LogP contribution in [0.5, 0.6) is 5.75 Å². The number of hydrogen-bond donors (Lipinski definition) is 4. The zero-order valence-electron chi connectivity index (χ0n) is 14.2. The average molecular weight is 337 g/mol. The van der Waals surface area contributed by atoms with Gasteiger partial charge in [-0.1, -0.05) is 12.1 Å². The van der Waals surface area contributed by atoms with Crippen molar-refractivity contribution in [2.75, 3.05) is 19.7 Å². The highest BCUT2D eigenvalue weighted by atomic mass is 16.5. The molecule has 7 nitrogen and oxygen atoms in total. The Kier molecular flexibility index (Phi) is 9.30. The molecule has 0 spiro atoms. The van der Waals surface area contributed by atoms with E-state index < -0.39 is 12.3 Å². The van der Waals surface area contributed by atoms with Gasteiger partial charge in [0, 0.05) is 13.1 Å². The van der Waals surface area contributed by atoms with Gasteiger partial charge in [0.25, 0.3) is 0 Å². The van der Waals surface area contributed by atoms with E-state index in [-0.39, 0.29) is 12.7 Å². The van der Waals surface area contributed by atoms with Crippen LogP contribution in [-0.2, 0) is 0 Å². The van der Waals surface area contributed by atoms with Crippen LogP contribution in [-0.4, -0.2) is 58.5 Å². The second-order valence-electron chi connectivity index (χ2n) is 5.72. The highest BCUT2D eigenvalue weighted by Crippen LogP contribution is 2.17. The first-order valence-corrected chi connectivity index (χ1v) is 8.12. The third kappa shape index (κ3) is 6.83. The third-order valence-electron chi connectivity index (χ3n) is 3.36. The Balaban J connectivity index is 0.000000240. The van der Waals surface area contributed by atoms with Crippen molar-refractivity contribution in [1.82, 2.24) is 10.4 Å². The van der Waals surface area contributed by atoms with E-state index >= 15 is 0 Å². The van der Waals surface area contributed by atoms with E-state index in [1.54, 1.807) is 17.1 Å². The van der Waals surface area contributed by atoms with Gasteiger partial charge in [0.1, 0.15) is 18.0 Å². The zero-order valence-corrected chi connectivity index (χ0v) is 14.2. The van der Waals surface area contributed by atoms with E-state index in [9.17, 15) is 10.2 Å². The molecule has 0 aromatic heterocycles. The summed E-state index contributed by atoms with van der Waals surface area (Å²) >= 11 is 0. The van der Waals surface area contributed by atoms with E-state index in [0.717, 1.165) is 6.42 Å². The molecule has 0 radical (unpaired) electrons. The number of hydrogen-bond acceptors (Lipinski definition) is 7. The molecule has 2 rings (SSSR count). The van der Waals surface area contributed by atoms with Crippen molar-refractivity contribution in [3.05, 3.63) is 29.8 Å². The number of hydrazine groups is 1. The predicted octanol–water partition coefficient (Wildman–Crippen LogP) is 0.604. The smallest absolute Gasteiger partial charge is 0.145 e. The monoisotopic (exact) mass is 337 g/mol. The molecule has 24 heavy (non-hydrogen) atoms. The van der Waals surface area contributed by atoms with Gasteiger partial charge in [-0.25, -0.2) is 5.01 Å². The van der Waals surface area contributed by atoms with Crippen LogP contribution in [0.15, 0.2) is 24.3 Å². The summed E-state index contributed by atoms with van der Waals surface area (Å²) in [6, 6.07) is 9.31. The summed E-state index contributed by atoms with van der Waals surface area (Å²) in [4.78, 5) is 0. The van der Waals surface area contributed by atoms with Gasteiger partial charge in [0.2, 0.25) is 0 Å². The van der Waals surface area contributed by atoms with Crippen LogP contribution >= 0.6 is 0 Å². The summed E-state index contributed by atoms with van der Waals surface area (Å²) in [6.07, 6.45) is 0.0875. The first-order chi connectivity index (χ1) is 11.5. The second kappa shape index (κ2) is 11.0. The van der Waals surface area contributed by atoms with Crippen molar-refractivity contribution in [2.24, 2.45) is 0 Å². The molecule has 2 unspecified atom stereocenters. The van der Waals surface area contributed by atoms with Crippen LogP contribution in [0.1, 0.15) is 32.3 Å². The minimum absolute atomic E-state index is 0.0271. The van der Waals surface area contributed by atoms with E-state index in [2.05, 4.69) is 11.5 Å². The number of aliphatic hydroxyl groups is 3. The lowest BCUT2D eigenvalue weighted by Gasteiger charge is -2.35. The number of nitrogens with zero attached hydrogens (tertiary/aromatic N) is 2. The molecule has 1 aliphatic heterocycles. The van der Waals surface area contributed by atoms with Crippen LogP contribution < -0.4 is 10.2 Å². The fourth-order valence-electron chi connectivity index (χ4n) is 2.24. The number of nitriles is 1. The zero-order chi connectivity index (χ0) is 17.9. The maximum Gasteiger partial charge on any atom is 0.145 e. The number of rotatable bonds is 5. The molecule has 1 aromatic carbocycles. The largest absolute Gasteiger partial charge is 0.490 e. The molecule has 1 fully saturated rings. The maximum absolute atomic E-state index is 9.40. The Bertz CT molecular complexity index is 519. The number of piperidine rings is 1. The molecule has 1 aromatic rings. The Hall–Kier alpha value is -1.69. The van der Waals surface area contributed by atoms with Gasteiger partial charge >= 0.3 is 0 Å². The van der Waals surface area contributed by atoms with Crippen molar-refractivity contribution in [3.8, 4) is 11.8 Å². The van der Waals surface area contributed by atoms with Crippen molar-refractivity contribution in [1.29, 1.82) is 5.26 Å². The summed E-state index contributed by atoms with van der Waals surface area (Å²) in [5.74, 6) is 0.662. The topological polar surface area (TPSA) is 109 Å². The molecule has 7 heteroatoms. The quantitative estimate of drug-likeness (QED) is 0.623. The second-order valence-corrected chi connectivity index (χ2v) is 5.72. The third-order valence-corrected chi connectivity index (χ3v) is 3.36. The summed E-state index contributed by atoms with van der Waals surface area (Å²) < 4.78 is 5.41. The SMILES string of the molecule is CC(C)Oc1ccccc1C#N.OCCNN1CCCC(O)C1O. The molecule has 1 aliphatic rings. The van der Waals surface area contributed by atoms with Gasteiger partial charge in [-0.2, -0.15) is 5.26 Å². The van der Waals surface area contributed by atoms with E-state index in [0.29, 0.717) is 30.8 Å². The molecule has 2 atom stereocenters. The van der Waals surface area contributed by atoms with Crippen molar-refractivity contribution in [2.45, 2.75) is 45.1 Å². The first-order valence-electron chi connectivity index (χ1n) is 8.12. The van der Waals surface area contributed by atoms with Gasteiger partial charge in [-0.05, 0) is 38.8 Å². The Morgan fingerprint density at radius 1 is 1.38 bits per heavy atom. The highest BCUT2D eigenvalue weighted by Gasteiger charge is 2.27. The fraction of sp³-hybridized carbons (Fsp3) is 0.588. The van der Waals surface area contributed by atoms with Gasteiger partial charge in [-0.3, -0.25) is 5.43 Å². The first kappa shape index (κ1) is 20.4. The lowest BCUT2D eigenvalue weighted by molar-refractivity contribution is -0.130. The summed E-state index contributed by atoms with van der Waals surface area (Å²) in [6.45, 7) is 5.02. The van der Waals surface area contributed by atoms with E-state index in [1.807, 2.05) is 26.0 Å². The van der Waals surface area contributed by atoms with Crippen LogP contribution in [0.2, 0.25) is 0 Å². The van der Waals surface area contributed by atoms with Crippen molar-refractivity contribution >= 4 is 0 Å². The Morgan fingerprint density at radius 3 is 2.71 bits per heavy atom. The number of aliphatic hydroxyl groups excluding tert-OH is 3. The number of benzene rings is 1. The van der Waals surface area contributed by atoms with E-state index in [4.69, 9.17) is 15.1 Å². The molecular weight excluding hydrogens is 310 g/mol. The molecule has 0 bridgehead atoms. The minimum Gasteiger partial charge on any atom is -0.490 e. The molecular formula is C17H27N3O4. The van der Waals surface area contributed by atoms with Gasteiger partial charge in [0.05, 0.1) is 24.4 Å². The average Bonchev–Trinajstić information content (AvgIpc) is 2.57. The lowest BCUT2D eigenvalue weighted by Crippen LogP contribution is -2.55. The maximum atomic E-state index is 9.40. The summed E-state index contributed by atoms with van der Waals surface area (Å²) in [5.41, 5.74) is 3.41. The fourth-order valence-corrected chi connectivity index (χ4v) is 2.24. The molecule has 134 valence electrons. The molecule has 4 N–H and O–H groups in total. The summed E-state index contributed by atoms with van der Waals surface area (Å²) in [7, 11) is 0. The van der Waals surface area contributed by atoms with Crippen LogP contribution in [0.25, 0.3) is 0 Å². The summed E-state index contributed by atoms with van der Waals surface area (Å²) in [5, 5.41) is 37.4. The molecule has 1 saturated heterocycles. The standard InChI is InChI=1S/C10H11NO.C7H16N2O3/c1-8(2)12-10-6-4-3-5-9(10)7-11;10-5-3-8-9-4-1-2-6(11)7(9)12/h3-6,8H,1-2H3;6-8,10-12H,1-5H2.